The summed E-state index contributed by atoms with van der Waals surface area (Å²) < 4.78 is 27.9. The number of hydrogen-bond acceptors (Lipinski definition) is 8. The van der Waals surface area contributed by atoms with Crippen molar-refractivity contribution >= 4 is 17.1 Å². The molecule has 4 rings (SSSR count). The number of aryl methyl sites for hydroxylation is 1. The number of hydrogen-bond donors (Lipinski definition) is 2. The number of primary amides is 1. The molecule has 1 amide bonds. The molecule has 0 aliphatic carbocycles. The molecule has 180 valence electrons. The van der Waals surface area contributed by atoms with Gasteiger partial charge in [0.25, 0.3) is 0 Å². The van der Waals surface area contributed by atoms with E-state index in [1.807, 2.05) is 37.3 Å². The predicted octanol–water partition coefficient (Wildman–Crippen LogP) is 3.12. The van der Waals surface area contributed by atoms with Crippen molar-refractivity contribution in [3.63, 3.8) is 0 Å². The van der Waals surface area contributed by atoms with Crippen molar-refractivity contribution in [3.05, 3.63) is 64.5 Å². The van der Waals surface area contributed by atoms with E-state index < -0.39 is 41.9 Å². The molecule has 2 unspecified atom stereocenters. The Labute approximate surface area is 196 Å². The van der Waals surface area contributed by atoms with Crippen LogP contribution in [0.3, 0.4) is 0 Å². The van der Waals surface area contributed by atoms with Gasteiger partial charge >= 0.3 is 11.7 Å². The second kappa shape index (κ2) is 9.09. The van der Waals surface area contributed by atoms with Crippen molar-refractivity contribution in [1.82, 2.24) is 0 Å². The van der Waals surface area contributed by atoms with Crippen molar-refractivity contribution in [2.75, 3.05) is 7.11 Å². The summed E-state index contributed by atoms with van der Waals surface area (Å²) in [6.07, 6.45) is -5.57. The highest BCUT2D eigenvalue weighted by molar-refractivity contribution is 5.87. The van der Waals surface area contributed by atoms with Gasteiger partial charge in [-0.25, -0.2) is 9.59 Å². The minimum Gasteiger partial charge on any atom is -0.462 e. The van der Waals surface area contributed by atoms with Gasteiger partial charge in [-0.1, -0.05) is 30.3 Å². The SMILES string of the molecule is COC1[C@H](OC(N)=O)C(O)[C@H](Oc2ccc3c(C)c(-c4ccccc4)c(=O)oc3c2)OC1(C)C. The lowest BCUT2D eigenvalue weighted by molar-refractivity contribution is -0.304. The number of aliphatic hydroxyl groups excluding tert-OH is 1. The summed E-state index contributed by atoms with van der Waals surface area (Å²) in [5, 5.41) is 11.5. The van der Waals surface area contributed by atoms with Crippen LogP contribution in [0, 0.1) is 6.92 Å². The number of aliphatic hydroxyl groups is 1. The molecule has 1 saturated heterocycles. The maximum absolute atomic E-state index is 12.8. The Kier molecular flexibility index (Phi) is 6.35. The van der Waals surface area contributed by atoms with Crippen LogP contribution in [0.15, 0.2) is 57.7 Å². The summed E-state index contributed by atoms with van der Waals surface area (Å²) in [7, 11) is 1.42. The highest BCUT2D eigenvalue weighted by Gasteiger charge is 2.53. The molecule has 0 saturated carbocycles. The fourth-order valence-corrected chi connectivity index (χ4v) is 4.43. The number of amides is 1. The number of fused-ring (bicyclic) bond motifs is 1. The Morgan fingerprint density at radius 1 is 1.15 bits per heavy atom. The van der Waals surface area contributed by atoms with Crippen LogP contribution < -0.4 is 16.1 Å². The Balaban J connectivity index is 1.67. The van der Waals surface area contributed by atoms with E-state index in [0.29, 0.717) is 11.1 Å². The summed E-state index contributed by atoms with van der Waals surface area (Å²) in [4.78, 5) is 24.2. The van der Waals surface area contributed by atoms with Crippen molar-refractivity contribution in [3.8, 4) is 16.9 Å². The highest BCUT2D eigenvalue weighted by Crippen LogP contribution is 2.35. The van der Waals surface area contributed by atoms with E-state index in [2.05, 4.69) is 0 Å². The van der Waals surface area contributed by atoms with Crippen LogP contribution >= 0.6 is 0 Å². The third-order valence-electron chi connectivity index (χ3n) is 5.98. The average Bonchev–Trinajstić information content (AvgIpc) is 2.77. The molecule has 1 aliphatic rings. The molecule has 34 heavy (non-hydrogen) atoms. The van der Waals surface area contributed by atoms with E-state index in [9.17, 15) is 14.7 Å². The first-order chi connectivity index (χ1) is 16.1. The molecule has 2 aromatic carbocycles. The van der Waals surface area contributed by atoms with Gasteiger partial charge in [0.05, 0.1) is 11.2 Å². The molecule has 1 fully saturated rings. The number of benzene rings is 2. The molecule has 1 aliphatic heterocycles. The second-order valence-electron chi connectivity index (χ2n) is 8.67. The van der Waals surface area contributed by atoms with E-state index in [1.54, 1.807) is 32.0 Å². The van der Waals surface area contributed by atoms with Crippen LogP contribution in [0.25, 0.3) is 22.1 Å². The summed E-state index contributed by atoms with van der Waals surface area (Å²) >= 11 is 0. The molecule has 4 atom stereocenters. The zero-order valence-corrected chi connectivity index (χ0v) is 19.3. The molecule has 0 spiro atoms. The van der Waals surface area contributed by atoms with Gasteiger partial charge in [0, 0.05) is 18.6 Å². The second-order valence-corrected chi connectivity index (χ2v) is 8.67. The lowest BCUT2D eigenvalue weighted by Gasteiger charge is -2.47. The first kappa shape index (κ1) is 23.7. The fourth-order valence-electron chi connectivity index (χ4n) is 4.43. The normalized spacial score (nSPS) is 24.0. The number of methoxy groups -OCH3 is 1. The molecule has 1 aromatic heterocycles. The number of nitrogens with two attached hydrogens (primary N) is 1. The van der Waals surface area contributed by atoms with Crippen molar-refractivity contribution < 1.29 is 33.3 Å². The zero-order chi connectivity index (χ0) is 24.6. The van der Waals surface area contributed by atoms with Gasteiger partial charge in [-0.15, -0.1) is 0 Å². The van der Waals surface area contributed by atoms with Gasteiger partial charge in [0.15, 0.2) is 12.2 Å². The number of carbonyl (C=O) groups excluding carboxylic acids is 1. The third kappa shape index (κ3) is 4.37. The maximum atomic E-state index is 12.8. The number of ether oxygens (including phenoxy) is 4. The summed E-state index contributed by atoms with van der Waals surface area (Å²) in [5.41, 5.74) is 6.09. The van der Waals surface area contributed by atoms with Crippen LogP contribution in [-0.2, 0) is 14.2 Å². The molecule has 0 bridgehead atoms. The van der Waals surface area contributed by atoms with E-state index in [-0.39, 0.29) is 5.75 Å². The summed E-state index contributed by atoms with van der Waals surface area (Å²) in [5.74, 6) is 0.288. The van der Waals surface area contributed by atoms with Gasteiger partial charge in [0.2, 0.25) is 6.29 Å². The molecule has 9 heteroatoms. The van der Waals surface area contributed by atoms with Crippen LogP contribution in [0.2, 0.25) is 0 Å². The fraction of sp³-hybridized carbons (Fsp3) is 0.360. The van der Waals surface area contributed by atoms with Gasteiger partial charge in [0.1, 0.15) is 17.4 Å². The van der Waals surface area contributed by atoms with Gasteiger partial charge in [-0.05, 0) is 44.0 Å². The van der Waals surface area contributed by atoms with Crippen LogP contribution in [0.5, 0.6) is 5.75 Å². The molecule has 0 radical (unpaired) electrons. The number of rotatable bonds is 5. The average molecular weight is 469 g/mol. The first-order valence-corrected chi connectivity index (χ1v) is 10.8. The number of carbonyl (C=O) groups is 1. The topological polar surface area (TPSA) is 130 Å². The van der Waals surface area contributed by atoms with E-state index in [0.717, 1.165) is 16.5 Å². The van der Waals surface area contributed by atoms with Gasteiger partial charge < -0.3 is 34.2 Å². The minimum atomic E-state index is -1.39. The van der Waals surface area contributed by atoms with E-state index in [4.69, 9.17) is 29.1 Å². The molecule has 3 N–H and O–H groups in total. The quantitative estimate of drug-likeness (QED) is 0.545. The maximum Gasteiger partial charge on any atom is 0.404 e. The standard InChI is InChI=1S/C25H27NO8/c1-13-16-11-10-15(12-17(16)32-22(28)18(13)14-8-6-5-7-9-14)31-23-19(27)20(33-24(26)29)21(30-4)25(2,3)34-23/h5-12,19-21,23,27H,1-4H3,(H2,26,29)/t19?,20-,21?,23-/m1/s1. The van der Waals surface area contributed by atoms with Crippen molar-refractivity contribution in [1.29, 1.82) is 0 Å². The predicted molar refractivity (Wildman–Crippen MR) is 123 cm³/mol. The third-order valence-corrected chi connectivity index (χ3v) is 5.98. The molecule has 9 nitrogen and oxygen atoms in total. The smallest absolute Gasteiger partial charge is 0.404 e. The summed E-state index contributed by atoms with van der Waals surface area (Å²) in [6.45, 7) is 5.29. The van der Waals surface area contributed by atoms with Gasteiger partial charge in [-0.2, -0.15) is 0 Å². The molecular weight excluding hydrogens is 442 g/mol. The minimum absolute atomic E-state index is 0.288. The van der Waals surface area contributed by atoms with E-state index >= 15 is 0 Å². The first-order valence-electron chi connectivity index (χ1n) is 10.8. The lowest BCUT2D eigenvalue weighted by atomic mass is 9.89. The van der Waals surface area contributed by atoms with Crippen molar-refractivity contribution in [2.45, 2.75) is 51.0 Å². The monoisotopic (exact) mass is 469 g/mol. The largest absolute Gasteiger partial charge is 0.462 e. The highest BCUT2D eigenvalue weighted by atomic mass is 16.7. The van der Waals surface area contributed by atoms with Gasteiger partial charge in [-0.3, -0.25) is 0 Å². The Hall–Kier alpha value is -3.40. The van der Waals surface area contributed by atoms with Crippen LogP contribution in [0.1, 0.15) is 19.4 Å². The zero-order valence-electron chi connectivity index (χ0n) is 19.3. The Bertz CT molecular complexity index is 1250. The van der Waals surface area contributed by atoms with Crippen LogP contribution in [-0.4, -0.2) is 48.5 Å². The molecule has 3 aromatic rings. The van der Waals surface area contributed by atoms with E-state index in [1.165, 1.54) is 7.11 Å². The molecular formula is C25H27NO8. The summed E-state index contributed by atoms with van der Waals surface area (Å²) in [6, 6.07) is 14.3. The Morgan fingerprint density at radius 3 is 2.50 bits per heavy atom. The van der Waals surface area contributed by atoms with Crippen LogP contribution in [0.4, 0.5) is 4.79 Å². The van der Waals surface area contributed by atoms with Crippen molar-refractivity contribution in [2.24, 2.45) is 5.73 Å². The Morgan fingerprint density at radius 2 is 1.85 bits per heavy atom. The molecule has 2 heterocycles. The lowest BCUT2D eigenvalue weighted by Crippen LogP contribution is -2.65.